The zero-order chi connectivity index (χ0) is 22.6. The van der Waals surface area contributed by atoms with Crippen LogP contribution >= 0.6 is 11.3 Å². The minimum Gasteiger partial charge on any atom is -0.384 e. The van der Waals surface area contributed by atoms with E-state index in [1.165, 1.54) is 23.5 Å². The molecule has 0 bridgehead atoms. The number of nitriles is 1. The second kappa shape index (κ2) is 7.34. The third kappa shape index (κ3) is 3.67. The lowest BCUT2D eigenvalue weighted by molar-refractivity contribution is -0.118. The van der Waals surface area contributed by atoms with Gasteiger partial charge in [0, 0.05) is 28.3 Å². The summed E-state index contributed by atoms with van der Waals surface area (Å²) >= 11 is 1.48. The van der Waals surface area contributed by atoms with Crippen molar-refractivity contribution >= 4 is 32.8 Å². The lowest BCUT2D eigenvalue weighted by atomic mass is 9.69. The molecule has 2 heterocycles. The van der Waals surface area contributed by atoms with Gasteiger partial charge in [0.2, 0.25) is 10.0 Å². The Morgan fingerprint density at radius 1 is 1.19 bits per heavy atom. The number of Topliss-reactive ketones (excluding diaryl/α,β-unsaturated/α-hetero) is 1. The number of hydrogen-bond donors (Lipinski definition) is 2. The maximum absolute atomic E-state index is 13.3. The van der Waals surface area contributed by atoms with Crippen LogP contribution in [-0.2, 0) is 14.8 Å². The van der Waals surface area contributed by atoms with Gasteiger partial charge in [0.15, 0.2) is 5.78 Å². The van der Waals surface area contributed by atoms with Gasteiger partial charge in [-0.3, -0.25) is 9.69 Å². The minimum atomic E-state index is -3.85. The molecule has 0 saturated carbocycles. The summed E-state index contributed by atoms with van der Waals surface area (Å²) in [5.41, 5.74) is 8.46. The van der Waals surface area contributed by atoms with Crippen LogP contribution in [0, 0.1) is 16.7 Å². The third-order valence-electron chi connectivity index (χ3n) is 5.63. The molecule has 0 unspecified atom stereocenters. The van der Waals surface area contributed by atoms with Crippen molar-refractivity contribution in [2.24, 2.45) is 16.3 Å². The monoisotopic (exact) mass is 454 g/mol. The summed E-state index contributed by atoms with van der Waals surface area (Å²) in [4.78, 5) is 15.9. The normalized spacial score (nSPS) is 21.2. The molecule has 9 heteroatoms. The van der Waals surface area contributed by atoms with Gasteiger partial charge in [0.1, 0.15) is 5.82 Å². The molecule has 1 aromatic carbocycles. The lowest BCUT2D eigenvalue weighted by Gasteiger charge is -2.43. The van der Waals surface area contributed by atoms with Crippen LogP contribution < -0.4 is 15.8 Å². The smallest absolute Gasteiger partial charge is 0.238 e. The van der Waals surface area contributed by atoms with E-state index in [9.17, 15) is 18.5 Å². The first-order valence-electron chi connectivity index (χ1n) is 9.66. The molecule has 0 amide bonds. The summed E-state index contributed by atoms with van der Waals surface area (Å²) < 4.78 is 23.3. The van der Waals surface area contributed by atoms with Crippen LogP contribution in [0.3, 0.4) is 0 Å². The van der Waals surface area contributed by atoms with Crippen LogP contribution in [-0.4, -0.2) is 14.2 Å². The second-order valence-electron chi connectivity index (χ2n) is 8.53. The maximum Gasteiger partial charge on any atom is 0.238 e. The Balaban J connectivity index is 1.95. The number of anilines is 1. The second-order valence-corrected chi connectivity index (χ2v) is 11.1. The largest absolute Gasteiger partial charge is 0.384 e. The zero-order valence-corrected chi connectivity index (χ0v) is 18.8. The van der Waals surface area contributed by atoms with Crippen molar-refractivity contribution in [1.29, 1.82) is 5.26 Å². The fourth-order valence-electron chi connectivity index (χ4n) is 4.33. The highest BCUT2D eigenvalue weighted by Crippen LogP contribution is 2.50. The lowest BCUT2D eigenvalue weighted by Crippen LogP contribution is -2.42. The standard InChI is InChI=1S/C22H22N4O3S2/c1-22(2)10-16-20(17(27)11-22)19(18-4-3-9-30-18)15(12-23)21(24)26(16)13-5-7-14(8-6-13)31(25,28)29/h3-9,19H,10-11,24H2,1-2H3,(H2,25,28,29)/t19-/m1/s1. The predicted molar refractivity (Wildman–Crippen MR) is 119 cm³/mol. The van der Waals surface area contributed by atoms with Crippen molar-refractivity contribution < 1.29 is 13.2 Å². The van der Waals surface area contributed by atoms with Gasteiger partial charge in [-0.15, -0.1) is 11.3 Å². The molecule has 4 rings (SSSR count). The topological polar surface area (TPSA) is 130 Å². The number of hydrogen-bond acceptors (Lipinski definition) is 7. The summed E-state index contributed by atoms with van der Waals surface area (Å²) in [6.45, 7) is 4.05. The Morgan fingerprint density at radius 3 is 2.42 bits per heavy atom. The summed E-state index contributed by atoms with van der Waals surface area (Å²) in [7, 11) is -3.85. The number of sulfonamides is 1. The van der Waals surface area contributed by atoms with Crippen molar-refractivity contribution in [1.82, 2.24) is 0 Å². The molecule has 31 heavy (non-hydrogen) atoms. The van der Waals surface area contributed by atoms with Crippen LogP contribution in [0.25, 0.3) is 0 Å². The van der Waals surface area contributed by atoms with E-state index in [4.69, 9.17) is 10.9 Å². The van der Waals surface area contributed by atoms with Gasteiger partial charge < -0.3 is 5.73 Å². The van der Waals surface area contributed by atoms with Gasteiger partial charge in [-0.2, -0.15) is 5.26 Å². The highest BCUT2D eigenvalue weighted by atomic mass is 32.2. The molecule has 1 aliphatic heterocycles. The summed E-state index contributed by atoms with van der Waals surface area (Å²) in [5, 5.41) is 17.1. The van der Waals surface area contributed by atoms with Crippen molar-refractivity contribution in [3.8, 4) is 6.07 Å². The van der Waals surface area contributed by atoms with Crippen molar-refractivity contribution in [3.05, 3.63) is 69.3 Å². The number of rotatable bonds is 3. The number of allylic oxidation sites excluding steroid dienone is 3. The molecular weight excluding hydrogens is 432 g/mol. The number of nitrogens with two attached hydrogens (primary N) is 2. The van der Waals surface area contributed by atoms with Crippen molar-refractivity contribution in [2.45, 2.75) is 37.5 Å². The summed E-state index contributed by atoms with van der Waals surface area (Å²) in [6.07, 6.45) is 0.969. The Bertz CT molecular complexity index is 1270. The molecule has 0 radical (unpaired) electrons. The molecule has 7 nitrogen and oxygen atoms in total. The molecule has 4 N–H and O–H groups in total. The van der Waals surface area contributed by atoms with E-state index in [1.807, 2.05) is 31.4 Å². The average molecular weight is 455 g/mol. The highest BCUT2D eigenvalue weighted by Gasteiger charge is 2.44. The van der Waals surface area contributed by atoms with Gasteiger partial charge in [0.05, 0.1) is 22.5 Å². The number of primary sulfonamides is 1. The van der Waals surface area contributed by atoms with Crippen LogP contribution in [0.15, 0.2) is 69.3 Å². The Kier molecular flexibility index (Phi) is 5.04. The molecule has 0 fully saturated rings. The zero-order valence-electron chi connectivity index (χ0n) is 17.1. The molecule has 2 aromatic rings. The number of thiophene rings is 1. The minimum absolute atomic E-state index is 0.00365. The van der Waals surface area contributed by atoms with Crippen LogP contribution in [0.5, 0.6) is 0 Å². The van der Waals surface area contributed by atoms with Crippen LogP contribution in [0.2, 0.25) is 0 Å². The summed E-state index contributed by atoms with van der Waals surface area (Å²) in [6, 6.07) is 12.0. The quantitative estimate of drug-likeness (QED) is 0.731. The first-order chi connectivity index (χ1) is 14.5. The number of benzene rings is 1. The van der Waals surface area contributed by atoms with E-state index >= 15 is 0 Å². The molecule has 1 aromatic heterocycles. The first-order valence-corrected chi connectivity index (χ1v) is 12.1. The van der Waals surface area contributed by atoms with Crippen LogP contribution in [0.4, 0.5) is 5.69 Å². The molecule has 0 saturated heterocycles. The molecule has 1 aliphatic carbocycles. The Hall–Kier alpha value is -2.93. The highest BCUT2D eigenvalue weighted by molar-refractivity contribution is 7.89. The van der Waals surface area contributed by atoms with E-state index in [0.717, 1.165) is 10.6 Å². The third-order valence-corrected chi connectivity index (χ3v) is 7.50. The van der Waals surface area contributed by atoms with Gasteiger partial charge in [-0.1, -0.05) is 19.9 Å². The number of nitrogens with zero attached hydrogens (tertiary/aromatic N) is 2. The van der Waals surface area contributed by atoms with E-state index in [1.54, 1.807) is 17.0 Å². The van der Waals surface area contributed by atoms with Gasteiger partial charge in [0.25, 0.3) is 0 Å². The number of carbonyl (C=O) groups is 1. The van der Waals surface area contributed by atoms with Crippen LogP contribution in [0.1, 0.15) is 37.5 Å². The van der Waals surface area contributed by atoms with Gasteiger partial charge >= 0.3 is 0 Å². The fourth-order valence-corrected chi connectivity index (χ4v) is 5.69. The van der Waals surface area contributed by atoms with Crippen molar-refractivity contribution in [3.63, 3.8) is 0 Å². The maximum atomic E-state index is 13.3. The average Bonchev–Trinajstić information content (AvgIpc) is 3.20. The molecule has 1 atom stereocenters. The first kappa shape index (κ1) is 21.3. The Morgan fingerprint density at radius 2 is 1.87 bits per heavy atom. The van der Waals surface area contributed by atoms with E-state index in [2.05, 4.69) is 6.07 Å². The number of carbonyl (C=O) groups excluding carboxylic acids is 1. The fraction of sp³-hybridized carbons (Fsp3) is 0.273. The molecule has 160 valence electrons. The van der Waals surface area contributed by atoms with E-state index < -0.39 is 15.9 Å². The summed E-state index contributed by atoms with van der Waals surface area (Å²) in [5.74, 6) is -0.256. The molecule has 0 spiro atoms. The Labute approximate surface area is 185 Å². The molecule has 2 aliphatic rings. The van der Waals surface area contributed by atoms with Gasteiger partial charge in [-0.25, -0.2) is 13.6 Å². The predicted octanol–water partition coefficient (Wildman–Crippen LogP) is 3.34. The van der Waals surface area contributed by atoms with Crippen molar-refractivity contribution in [2.75, 3.05) is 4.90 Å². The molecular formula is C22H22N4O3S2. The number of ketones is 1. The SMILES string of the molecule is CC1(C)CC(=O)C2=C(C1)N(c1ccc(S(N)(=O)=O)cc1)C(N)=C(C#N)[C@@H]2c1cccs1. The van der Waals surface area contributed by atoms with E-state index in [-0.39, 0.29) is 21.9 Å². The van der Waals surface area contributed by atoms with E-state index in [0.29, 0.717) is 29.7 Å². The van der Waals surface area contributed by atoms with Gasteiger partial charge in [-0.05, 0) is 47.5 Å².